The van der Waals surface area contributed by atoms with E-state index in [1.165, 1.54) is 6.07 Å². The van der Waals surface area contributed by atoms with E-state index in [-0.39, 0.29) is 11.3 Å². The first-order chi connectivity index (χ1) is 9.09. The molecule has 0 unspecified atom stereocenters. The average molecular weight is 269 g/mol. The average Bonchev–Trinajstić information content (AvgIpc) is 2.41. The zero-order chi connectivity index (χ0) is 13.8. The molecule has 19 heavy (non-hydrogen) atoms. The van der Waals surface area contributed by atoms with Crippen molar-refractivity contribution < 1.29 is 23.8 Å². The van der Waals surface area contributed by atoms with Crippen LogP contribution in [-0.2, 0) is 4.74 Å². The van der Waals surface area contributed by atoms with Gasteiger partial charge in [0.15, 0.2) is 0 Å². The minimum absolute atomic E-state index is 0.109. The number of aromatic carboxylic acids is 1. The lowest BCUT2D eigenvalue weighted by Gasteiger charge is -2.22. The minimum Gasteiger partial charge on any atom is -0.492 e. The molecule has 1 heterocycles. The van der Waals surface area contributed by atoms with Crippen molar-refractivity contribution in [3.8, 4) is 5.75 Å². The van der Waals surface area contributed by atoms with E-state index in [9.17, 15) is 9.18 Å². The number of anilines is 1. The number of nitrogen functional groups attached to an aromatic ring is 1. The second-order valence-electron chi connectivity index (χ2n) is 4.51. The highest BCUT2D eigenvalue weighted by atomic mass is 19.1. The number of carboxylic acids is 1. The van der Waals surface area contributed by atoms with Crippen LogP contribution >= 0.6 is 0 Å². The Morgan fingerprint density at radius 1 is 1.47 bits per heavy atom. The molecule has 5 nitrogen and oxygen atoms in total. The minimum atomic E-state index is -1.29. The maximum Gasteiger partial charge on any atom is 0.341 e. The van der Waals surface area contributed by atoms with Gasteiger partial charge in [-0.2, -0.15) is 0 Å². The molecule has 0 spiro atoms. The van der Waals surface area contributed by atoms with Crippen molar-refractivity contribution in [2.45, 2.75) is 12.8 Å². The molecule has 0 aliphatic carbocycles. The van der Waals surface area contributed by atoms with E-state index in [0.717, 1.165) is 18.9 Å². The van der Waals surface area contributed by atoms with Gasteiger partial charge in [0.05, 0.1) is 12.3 Å². The van der Waals surface area contributed by atoms with Gasteiger partial charge in [-0.15, -0.1) is 0 Å². The first-order valence-corrected chi connectivity index (χ1v) is 6.11. The summed E-state index contributed by atoms with van der Waals surface area (Å²) in [5, 5.41) is 9.06. The van der Waals surface area contributed by atoms with E-state index in [1.807, 2.05) is 0 Å². The van der Waals surface area contributed by atoms with E-state index < -0.39 is 17.5 Å². The van der Waals surface area contributed by atoms with Crippen LogP contribution in [0.2, 0.25) is 0 Å². The van der Waals surface area contributed by atoms with Crippen molar-refractivity contribution in [1.29, 1.82) is 0 Å². The Bertz CT molecular complexity index is 472. The monoisotopic (exact) mass is 269 g/mol. The molecular formula is C13H16FNO4. The molecule has 0 bridgehead atoms. The topological polar surface area (TPSA) is 81.8 Å². The van der Waals surface area contributed by atoms with Gasteiger partial charge in [-0.05, 0) is 30.9 Å². The summed E-state index contributed by atoms with van der Waals surface area (Å²) >= 11 is 0. The van der Waals surface area contributed by atoms with Crippen molar-refractivity contribution in [3.05, 3.63) is 23.5 Å². The Labute approximate surface area is 110 Å². The fourth-order valence-corrected chi connectivity index (χ4v) is 2.04. The van der Waals surface area contributed by atoms with Crippen LogP contribution in [0.1, 0.15) is 23.2 Å². The molecule has 0 radical (unpaired) electrons. The zero-order valence-corrected chi connectivity index (χ0v) is 10.4. The number of carbonyl (C=O) groups is 1. The molecule has 104 valence electrons. The lowest BCUT2D eigenvalue weighted by molar-refractivity contribution is 0.0490. The van der Waals surface area contributed by atoms with Gasteiger partial charge in [-0.3, -0.25) is 0 Å². The van der Waals surface area contributed by atoms with Crippen LogP contribution in [0.4, 0.5) is 10.1 Å². The Morgan fingerprint density at radius 3 is 2.79 bits per heavy atom. The first-order valence-electron chi connectivity index (χ1n) is 6.11. The van der Waals surface area contributed by atoms with Gasteiger partial charge in [0.2, 0.25) is 0 Å². The number of halogens is 1. The summed E-state index contributed by atoms with van der Waals surface area (Å²) in [4.78, 5) is 11.1. The van der Waals surface area contributed by atoms with E-state index in [0.29, 0.717) is 25.7 Å². The molecule has 1 aliphatic rings. The highest BCUT2D eigenvalue weighted by Crippen LogP contribution is 2.28. The summed E-state index contributed by atoms with van der Waals surface area (Å²) in [6, 6.07) is 2.41. The van der Waals surface area contributed by atoms with E-state index in [2.05, 4.69) is 0 Å². The Morgan fingerprint density at radius 2 is 2.16 bits per heavy atom. The SMILES string of the molecule is Nc1c(F)ccc(OCC2CCOCC2)c1C(=O)O. The quantitative estimate of drug-likeness (QED) is 0.816. The van der Waals surface area contributed by atoms with Crippen molar-refractivity contribution in [1.82, 2.24) is 0 Å². The van der Waals surface area contributed by atoms with Crippen molar-refractivity contribution in [3.63, 3.8) is 0 Å². The van der Waals surface area contributed by atoms with Gasteiger partial charge in [0, 0.05) is 13.2 Å². The molecule has 0 aromatic heterocycles. The smallest absolute Gasteiger partial charge is 0.341 e. The molecule has 1 aromatic rings. The van der Waals surface area contributed by atoms with Crippen molar-refractivity contribution in [2.24, 2.45) is 5.92 Å². The maximum absolute atomic E-state index is 13.3. The van der Waals surface area contributed by atoms with Crippen molar-refractivity contribution >= 4 is 11.7 Å². The number of rotatable bonds is 4. The highest BCUT2D eigenvalue weighted by Gasteiger charge is 2.20. The van der Waals surface area contributed by atoms with Gasteiger partial charge in [0.25, 0.3) is 0 Å². The lowest BCUT2D eigenvalue weighted by Crippen LogP contribution is -2.22. The maximum atomic E-state index is 13.3. The molecule has 6 heteroatoms. The number of hydrogen-bond acceptors (Lipinski definition) is 4. The summed E-state index contributed by atoms with van der Waals surface area (Å²) in [6.07, 6.45) is 1.75. The Balaban J connectivity index is 2.11. The molecule has 0 atom stereocenters. The molecule has 1 aromatic carbocycles. The van der Waals surface area contributed by atoms with Crippen LogP contribution in [0.25, 0.3) is 0 Å². The number of hydrogen-bond donors (Lipinski definition) is 2. The van der Waals surface area contributed by atoms with Crippen LogP contribution < -0.4 is 10.5 Å². The summed E-state index contributed by atoms with van der Waals surface area (Å²) in [7, 11) is 0. The first kappa shape index (κ1) is 13.6. The zero-order valence-electron chi connectivity index (χ0n) is 10.4. The fourth-order valence-electron chi connectivity index (χ4n) is 2.04. The van der Waals surface area contributed by atoms with Gasteiger partial charge >= 0.3 is 5.97 Å². The molecule has 0 amide bonds. The molecule has 1 fully saturated rings. The van der Waals surface area contributed by atoms with Crippen molar-refractivity contribution in [2.75, 3.05) is 25.6 Å². The van der Waals surface area contributed by atoms with E-state index in [1.54, 1.807) is 0 Å². The normalized spacial score (nSPS) is 16.3. The molecule has 2 rings (SSSR count). The van der Waals surface area contributed by atoms with Crippen LogP contribution in [0.15, 0.2) is 12.1 Å². The molecule has 1 aliphatic heterocycles. The van der Waals surface area contributed by atoms with Gasteiger partial charge in [0.1, 0.15) is 17.1 Å². The molecule has 1 saturated heterocycles. The third-order valence-electron chi connectivity index (χ3n) is 3.18. The molecule has 3 N–H and O–H groups in total. The van der Waals surface area contributed by atoms with Crippen LogP contribution in [0, 0.1) is 11.7 Å². The second-order valence-corrected chi connectivity index (χ2v) is 4.51. The molecule has 0 saturated carbocycles. The number of ether oxygens (including phenoxy) is 2. The van der Waals surface area contributed by atoms with E-state index in [4.69, 9.17) is 20.3 Å². The lowest BCUT2D eigenvalue weighted by atomic mass is 10.0. The van der Waals surface area contributed by atoms with E-state index >= 15 is 0 Å². The van der Waals surface area contributed by atoms with Gasteiger partial charge in [-0.25, -0.2) is 9.18 Å². The Kier molecular flexibility index (Phi) is 4.21. The summed E-state index contributed by atoms with van der Waals surface area (Å²) in [6.45, 7) is 1.76. The Hall–Kier alpha value is -1.82. The number of nitrogens with two attached hydrogens (primary N) is 1. The number of carboxylic acid groups (broad SMARTS) is 1. The molecular weight excluding hydrogens is 253 g/mol. The third-order valence-corrected chi connectivity index (χ3v) is 3.18. The highest BCUT2D eigenvalue weighted by molar-refractivity contribution is 5.96. The summed E-state index contributed by atoms with van der Waals surface area (Å²) in [5.74, 6) is -1.62. The second kappa shape index (κ2) is 5.88. The van der Waals surface area contributed by atoms with Crippen LogP contribution in [0.3, 0.4) is 0 Å². The largest absolute Gasteiger partial charge is 0.492 e. The predicted molar refractivity (Wildman–Crippen MR) is 66.8 cm³/mol. The predicted octanol–water partition coefficient (Wildman–Crippen LogP) is 1.91. The third kappa shape index (κ3) is 3.14. The summed E-state index contributed by atoms with van der Waals surface area (Å²) < 4.78 is 24.0. The fraction of sp³-hybridized carbons (Fsp3) is 0.462. The van der Waals surface area contributed by atoms with Crippen LogP contribution in [0.5, 0.6) is 5.75 Å². The van der Waals surface area contributed by atoms with Crippen LogP contribution in [-0.4, -0.2) is 30.9 Å². The number of benzene rings is 1. The van der Waals surface area contributed by atoms with Gasteiger partial charge in [-0.1, -0.05) is 0 Å². The van der Waals surface area contributed by atoms with Gasteiger partial charge < -0.3 is 20.3 Å². The summed E-state index contributed by atoms with van der Waals surface area (Å²) in [5.41, 5.74) is 4.73. The standard InChI is InChI=1S/C13H16FNO4/c14-9-1-2-10(11(12(9)15)13(16)17)19-7-8-3-5-18-6-4-8/h1-2,8H,3-7,15H2,(H,16,17).